The van der Waals surface area contributed by atoms with Gasteiger partial charge in [0.25, 0.3) is 0 Å². The molecular weight excluding hydrogens is 300 g/mol. The summed E-state index contributed by atoms with van der Waals surface area (Å²) >= 11 is 7.59. The van der Waals surface area contributed by atoms with Gasteiger partial charge in [-0.05, 0) is 51.0 Å². The standard InChI is InChI=1S/C13H15BrS2/c1-7-5-12(16-9(7)3)13(14)11-6-8(2)15-10(11)4/h5-6,13H,1-4H3. The molecule has 3 heteroatoms. The molecule has 0 aromatic carbocycles. The van der Waals surface area contributed by atoms with E-state index in [2.05, 4.69) is 55.8 Å². The van der Waals surface area contributed by atoms with Crippen LogP contribution in [-0.4, -0.2) is 0 Å². The molecule has 86 valence electrons. The number of thiophene rings is 2. The molecule has 2 aromatic rings. The van der Waals surface area contributed by atoms with E-state index in [4.69, 9.17) is 0 Å². The van der Waals surface area contributed by atoms with E-state index in [1.54, 1.807) is 0 Å². The monoisotopic (exact) mass is 314 g/mol. The maximum atomic E-state index is 3.82. The summed E-state index contributed by atoms with van der Waals surface area (Å²) in [7, 11) is 0. The molecule has 0 saturated carbocycles. The van der Waals surface area contributed by atoms with Gasteiger partial charge in [-0.25, -0.2) is 0 Å². The second-order valence-electron chi connectivity index (χ2n) is 4.12. The number of alkyl halides is 1. The van der Waals surface area contributed by atoms with E-state index >= 15 is 0 Å². The Bertz CT molecular complexity index is 488. The molecular formula is C13H15BrS2. The van der Waals surface area contributed by atoms with Crippen molar-refractivity contribution in [3.8, 4) is 0 Å². The highest BCUT2D eigenvalue weighted by Crippen LogP contribution is 2.40. The van der Waals surface area contributed by atoms with E-state index in [1.807, 2.05) is 22.7 Å². The SMILES string of the molecule is Cc1cc(C(Br)c2cc(C)c(C)s2)c(C)s1. The first-order valence-corrected chi connectivity index (χ1v) is 7.82. The first kappa shape index (κ1) is 12.3. The van der Waals surface area contributed by atoms with E-state index < -0.39 is 0 Å². The topological polar surface area (TPSA) is 0 Å². The highest BCUT2D eigenvalue weighted by atomic mass is 79.9. The Labute approximate surface area is 113 Å². The van der Waals surface area contributed by atoms with Crippen LogP contribution in [0.2, 0.25) is 0 Å². The van der Waals surface area contributed by atoms with Gasteiger partial charge in [0, 0.05) is 19.5 Å². The molecule has 16 heavy (non-hydrogen) atoms. The van der Waals surface area contributed by atoms with Gasteiger partial charge in [0.05, 0.1) is 4.83 Å². The molecule has 0 nitrogen and oxygen atoms in total. The zero-order chi connectivity index (χ0) is 11.9. The number of halogens is 1. The molecule has 0 fully saturated rings. The molecule has 0 spiro atoms. The molecule has 1 atom stereocenters. The Balaban J connectivity index is 2.38. The van der Waals surface area contributed by atoms with Gasteiger partial charge in [-0.3, -0.25) is 0 Å². The lowest BCUT2D eigenvalue weighted by Gasteiger charge is -2.06. The van der Waals surface area contributed by atoms with Crippen LogP contribution < -0.4 is 0 Å². The van der Waals surface area contributed by atoms with Crippen molar-refractivity contribution >= 4 is 38.6 Å². The summed E-state index contributed by atoms with van der Waals surface area (Å²) in [5, 5.41) is 0. The fourth-order valence-corrected chi connectivity index (χ4v) is 4.82. The van der Waals surface area contributed by atoms with E-state index in [-0.39, 0.29) is 0 Å². The van der Waals surface area contributed by atoms with Crippen molar-refractivity contribution in [3.05, 3.63) is 42.8 Å². The van der Waals surface area contributed by atoms with Gasteiger partial charge in [-0.1, -0.05) is 15.9 Å². The number of hydrogen-bond acceptors (Lipinski definition) is 2. The molecule has 0 aliphatic rings. The Morgan fingerprint density at radius 2 is 1.69 bits per heavy atom. The molecule has 0 radical (unpaired) electrons. The zero-order valence-electron chi connectivity index (χ0n) is 9.93. The fourth-order valence-electron chi connectivity index (χ4n) is 1.78. The summed E-state index contributed by atoms with van der Waals surface area (Å²) in [6.45, 7) is 8.75. The molecule has 0 aliphatic carbocycles. The normalized spacial score (nSPS) is 13.1. The Morgan fingerprint density at radius 1 is 1.00 bits per heavy atom. The highest BCUT2D eigenvalue weighted by Gasteiger charge is 2.17. The van der Waals surface area contributed by atoms with Gasteiger partial charge < -0.3 is 0 Å². The summed E-state index contributed by atoms with van der Waals surface area (Å²) in [5.74, 6) is 0. The van der Waals surface area contributed by atoms with Gasteiger partial charge in [0.15, 0.2) is 0 Å². The molecule has 2 rings (SSSR count). The van der Waals surface area contributed by atoms with E-state index in [1.165, 1.54) is 30.6 Å². The van der Waals surface area contributed by atoms with Crippen LogP contribution in [-0.2, 0) is 0 Å². The third-order valence-corrected chi connectivity index (χ3v) is 6.28. The zero-order valence-corrected chi connectivity index (χ0v) is 13.1. The van der Waals surface area contributed by atoms with Crippen molar-refractivity contribution in [1.29, 1.82) is 0 Å². The molecule has 0 bridgehead atoms. The van der Waals surface area contributed by atoms with Gasteiger partial charge in [0.1, 0.15) is 0 Å². The van der Waals surface area contributed by atoms with Crippen molar-refractivity contribution in [3.63, 3.8) is 0 Å². The maximum Gasteiger partial charge on any atom is 0.0748 e. The summed E-state index contributed by atoms with van der Waals surface area (Å²) in [4.78, 5) is 6.00. The van der Waals surface area contributed by atoms with Crippen LogP contribution in [0.15, 0.2) is 12.1 Å². The quantitative estimate of drug-likeness (QED) is 0.639. The van der Waals surface area contributed by atoms with Gasteiger partial charge >= 0.3 is 0 Å². The third-order valence-electron chi connectivity index (χ3n) is 2.79. The first-order valence-electron chi connectivity index (χ1n) is 5.27. The van der Waals surface area contributed by atoms with Crippen LogP contribution >= 0.6 is 38.6 Å². The summed E-state index contributed by atoms with van der Waals surface area (Å²) in [6.07, 6.45) is 0. The minimum atomic E-state index is 0.356. The van der Waals surface area contributed by atoms with Crippen molar-refractivity contribution < 1.29 is 0 Å². The lowest BCUT2D eigenvalue weighted by atomic mass is 10.1. The third kappa shape index (κ3) is 2.27. The average Bonchev–Trinajstić information content (AvgIpc) is 2.70. The average molecular weight is 315 g/mol. The van der Waals surface area contributed by atoms with Crippen LogP contribution in [0.4, 0.5) is 0 Å². The minimum absolute atomic E-state index is 0.356. The molecule has 0 N–H and O–H groups in total. The van der Waals surface area contributed by atoms with Gasteiger partial charge in [0.2, 0.25) is 0 Å². The first-order chi connectivity index (χ1) is 7.49. The van der Waals surface area contributed by atoms with E-state index in [9.17, 15) is 0 Å². The molecule has 0 saturated heterocycles. The number of hydrogen-bond donors (Lipinski definition) is 0. The molecule has 2 heterocycles. The predicted molar refractivity (Wildman–Crippen MR) is 78.4 cm³/mol. The Hall–Kier alpha value is -0.120. The van der Waals surface area contributed by atoms with Crippen molar-refractivity contribution in [1.82, 2.24) is 0 Å². The fraction of sp³-hybridized carbons (Fsp3) is 0.385. The second kappa shape index (κ2) is 4.63. The minimum Gasteiger partial charge on any atom is -0.146 e. The van der Waals surface area contributed by atoms with Crippen LogP contribution in [0.5, 0.6) is 0 Å². The van der Waals surface area contributed by atoms with Crippen LogP contribution in [0.3, 0.4) is 0 Å². The highest BCUT2D eigenvalue weighted by molar-refractivity contribution is 9.09. The molecule has 0 aliphatic heterocycles. The van der Waals surface area contributed by atoms with Crippen molar-refractivity contribution in [2.75, 3.05) is 0 Å². The van der Waals surface area contributed by atoms with Gasteiger partial charge in [-0.15, -0.1) is 22.7 Å². The summed E-state index contributed by atoms with van der Waals surface area (Å²) in [5.41, 5.74) is 2.82. The predicted octanol–water partition coefficient (Wildman–Crippen LogP) is 5.53. The van der Waals surface area contributed by atoms with E-state index in [0.29, 0.717) is 4.83 Å². The van der Waals surface area contributed by atoms with Crippen molar-refractivity contribution in [2.45, 2.75) is 32.5 Å². The Kier molecular flexibility index (Phi) is 3.57. The lowest BCUT2D eigenvalue weighted by molar-refractivity contribution is 1.21. The summed E-state index contributed by atoms with van der Waals surface area (Å²) in [6, 6.07) is 4.59. The van der Waals surface area contributed by atoms with Gasteiger partial charge in [-0.2, -0.15) is 0 Å². The summed E-state index contributed by atoms with van der Waals surface area (Å²) < 4.78 is 0. The van der Waals surface area contributed by atoms with Crippen LogP contribution in [0, 0.1) is 27.7 Å². The van der Waals surface area contributed by atoms with E-state index in [0.717, 1.165) is 0 Å². The largest absolute Gasteiger partial charge is 0.146 e. The Morgan fingerprint density at radius 3 is 2.12 bits per heavy atom. The molecule has 1 unspecified atom stereocenters. The van der Waals surface area contributed by atoms with Crippen LogP contribution in [0.25, 0.3) is 0 Å². The number of rotatable bonds is 2. The second-order valence-corrected chi connectivity index (χ2v) is 7.78. The molecule has 2 aromatic heterocycles. The van der Waals surface area contributed by atoms with Crippen LogP contribution in [0.1, 0.15) is 35.5 Å². The maximum absolute atomic E-state index is 3.82. The molecule has 0 amide bonds. The smallest absolute Gasteiger partial charge is 0.0748 e. The lowest BCUT2D eigenvalue weighted by Crippen LogP contribution is -1.88. The number of aryl methyl sites for hydroxylation is 4. The van der Waals surface area contributed by atoms with Crippen molar-refractivity contribution in [2.24, 2.45) is 0 Å².